The second kappa shape index (κ2) is 6.42. The molecule has 104 valence electrons. The maximum absolute atomic E-state index is 11.0. The minimum Gasteiger partial charge on any atom is -0.478 e. The third-order valence-corrected chi connectivity index (χ3v) is 4.48. The van der Waals surface area contributed by atoms with Crippen molar-refractivity contribution in [3.63, 3.8) is 0 Å². The van der Waals surface area contributed by atoms with Gasteiger partial charge in [-0.1, -0.05) is 19.8 Å². The Morgan fingerprint density at radius 1 is 1.32 bits per heavy atom. The Balaban J connectivity index is 2.03. The summed E-state index contributed by atoms with van der Waals surface area (Å²) >= 11 is 3.32. The van der Waals surface area contributed by atoms with Crippen LogP contribution in [0.4, 0.5) is 5.69 Å². The average molecular weight is 326 g/mol. The predicted octanol–water partition coefficient (Wildman–Crippen LogP) is 4.53. The Bertz CT molecular complexity index is 461. The van der Waals surface area contributed by atoms with E-state index in [1.165, 1.54) is 32.1 Å². The summed E-state index contributed by atoms with van der Waals surface area (Å²) in [6, 6.07) is 5.86. The zero-order chi connectivity index (χ0) is 13.8. The molecule has 0 saturated heterocycles. The number of carboxylic acid groups (broad SMARTS) is 1. The van der Waals surface area contributed by atoms with Gasteiger partial charge < -0.3 is 10.4 Å². The topological polar surface area (TPSA) is 49.3 Å². The van der Waals surface area contributed by atoms with E-state index < -0.39 is 5.97 Å². The fourth-order valence-corrected chi connectivity index (χ4v) is 3.19. The summed E-state index contributed by atoms with van der Waals surface area (Å²) in [5.74, 6) is -0.0744. The van der Waals surface area contributed by atoms with E-state index in [0.29, 0.717) is 16.1 Å². The highest BCUT2D eigenvalue weighted by Crippen LogP contribution is 2.27. The van der Waals surface area contributed by atoms with Crippen LogP contribution in [0.2, 0.25) is 0 Å². The van der Waals surface area contributed by atoms with E-state index in [9.17, 15) is 4.79 Å². The summed E-state index contributed by atoms with van der Waals surface area (Å²) in [5.41, 5.74) is 1.30. The first-order valence-electron chi connectivity index (χ1n) is 6.85. The molecule has 2 atom stereocenters. The van der Waals surface area contributed by atoms with Crippen molar-refractivity contribution in [2.75, 3.05) is 5.32 Å². The minimum absolute atomic E-state index is 0.306. The third kappa shape index (κ3) is 3.96. The van der Waals surface area contributed by atoms with Gasteiger partial charge in [0.25, 0.3) is 0 Å². The third-order valence-electron chi connectivity index (χ3n) is 3.83. The highest BCUT2D eigenvalue weighted by Gasteiger charge is 2.16. The van der Waals surface area contributed by atoms with Gasteiger partial charge >= 0.3 is 5.97 Å². The first-order valence-corrected chi connectivity index (χ1v) is 7.65. The Hall–Kier alpha value is -1.03. The summed E-state index contributed by atoms with van der Waals surface area (Å²) in [6.07, 6.45) is 6.25. The molecule has 1 aromatic rings. The molecular formula is C15H20BrNO2. The van der Waals surface area contributed by atoms with Crippen LogP contribution in [0.15, 0.2) is 22.7 Å². The van der Waals surface area contributed by atoms with E-state index in [4.69, 9.17) is 5.11 Å². The number of carbonyl (C=O) groups is 1. The minimum atomic E-state index is -0.901. The molecule has 19 heavy (non-hydrogen) atoms. The molecule has 0 bridgehead atoms. The molecule has 0 spiro atoms. The van der Waals surface area contributed by atoms with Crippen molar-refractivity contribution in [2.45, 2.75) is 45.1 Å². The normalized spacial score (nSPS) is 23.7. The van der Waals surface area contributed by atoms with Gasteiger partial charge in [0.05, 0.1) is 5.56 Å². The number of anilines is 1. The lowest BCUT2D eigenvalue weighted by Gasteiger charge is -2.18. The lowest BCUT2D eigenvalue weighted by atomic mass is 10.0. The van der Waals surface area contributed by atoms with Crippen LogP contribution in [0.3, 0.4) is 0 Å². The summed E-state index contributed by atoms with van der Waals surface area (Å²) in [4.78, 5) is 11.0. The molecule has 0 radical (unpaired) electrons. The van der Waals surface area contributed by atoms with Crippen molar-refractivity contribution in [3.05, 3.63) is 28.2 Å². The van der Waals surface area contributed by atoms with E-state index in [2.05, 4.69) is 28.2 Å². The zero-order valence-corrected chi connectivity index (χ0v) is 12.7. The summed E-state index contributed by atoms with van der Waals surface area (Å²) in [6.45, 7) is 2.32. The molecule has 1 saturated carbocycles. The van der Waals surface area contributed by atoms with Crippen molar-refractivity contribution in [3.8, 4) is 0 Å². The number of carboxylic acids is 1. The number of nitrogens with one attached hydrogen (secondary N) is 1. The van der Waals surface area contributed by atoms with Gasteiger partial charge in [0.15, 0.2) is 0 Å². The molecule has 0 amide bonds. The lowest BCUT2D eigenvalue weighted by Crippen LogP contribution is -2.18. The molecule has 1 aliphatic rings. The van der Waals surface area contributed by atoms with Gasteiger partial charge in [-0.15, -0.1) is 0 Å². The predicted molar refractivity (Wildman–Crippen MR) is 80.8 cm³/mol. The van der Waals surface area contributed by atoms with Gasteiger partial charge in [-0.05, 0) is 59.3 Å². The van der Waals surface area contributed by atoms with E-state index in [0.717, 1.165) is 11.6 Å². The van der Waals surface area contributed by atoms with E-state index in [1.807, 2.05) is 12.1 Å². The smallest absolute Gasteiger partial charge is 0.336 e. The van der Waals surface area contributed by atoms with Crippen LogP contribution in [0, 0.1) is 5.92 Å². The van der Waals surface area contributed by atoms with Gasteiger partial charge in [0, 0.05) is 16.2 Å². The molecule has 1 fully saturated rings. The van der Waals surface area contributed by atoms with Crippen molar-refractivity contribution < 1.29 is 9.90 Å². The van der Waals surface area contributed by atoms with Gasteiger partial charge in [0.1, 0.15) is 0 Å². The fourth-order valence-electron chi connectivity index (χ4n) is 2.65. The summed E-state index contributed by atoms with van der Waals surface area (Å²) < 4.78 is 0.631. The van der Waals surface area contributed by atoms with Crippen molar-refractivity contribution in [1.82, 2.24) is 0 Å². The molecule has 2 unspecified atom stereocenters. The lowest BCUT2D eigenvalue weighted by molar-refractivity contribution is 0.0696. The van der Waals surface area contributed by atoms with Crippen LogP contribution in [0.1, 0.15) is 49.4 Å². The first-order chi connectivity index (χ1) is 9.06. The molecule has 4 heteroatoms. The highest BCUT2D eigenvalue weighted by atomic mass is 79.9. The molecule has 2 N–H and O–H groups in total. The molecule has 0 aliphatic heterocycles. The van der Waals surface area contributed by atoms with E-state index in [-0.39, 0.29) is 0 Å². The van der Waals surface area contributed by atoms with Crippen LogP contribution in [0.5, 0.6) is 0 Å². The Kier molecular flexibility index (Phi) is 4.86. The second-order valence-electron chi connectivity index (χ2n) is 5.45. The average Bonchev–Trinajstić information content (AvgIpc) is 2.54. The quantitative estimate of drug-likeness (QED) is 0.803. The number of rotatable bonds is 3. The van der Waals surface area contributed by atoms with Crippen LogP contribution in [0.25, 0.3) is 0 Å². The number of aromatic carboxylic acids is 1. The maximum Gasteiger partial charge on any atom is 0.336 e. The maximum atomic E-state index is 11.0. The molecule has 2 rings (SSSR count). The van der Waals surface area contributed by atoms with Gasteiger partial charge in [-0.3, -0.25) is 0 Å². The summed E-state index contributed by atoms with van der Waals surface area (Å²) in [7, 11) is 0. The van der Waals surface area contributed by atoms with Crippen LogP contribution >= 0.6 is 15.9 Å². The molecule has 1 aliphatic carbocycles. The van der Waals surface area contributed by atoms with E-state index in [1.54, 1.807) is 6.07 Å². The number of halogens is 1. The fraction of sp³-hybridized carbons (Fsp3) is 0.533. The van der Waals surface area contributed by atoms with Crippen LogP contribution < -0.4 is 5.32 Å². The molecule has 0 heterocycles. The van der Waals surface area contributed by atoms with Crippen LogP contribution in [-0.4, -0.2) is 17.1 Å². The number of benzene rings is 1. The van der Waals surface area contributed by atoms with E-state index >= 15 is 0 Å². The van der Waals surface area contributed by atoms with Crippen molar-refractivity contribution >= 4 is 27.6 Å². The Morgan fingerprint density at radius 2 is 2.11 bits per heavy atom. The number of hydrogen-bond acceptors (Lipinski definition) is 2. The zero-order valence-electron chi connectivity index (χ0n) is 11.2. The second-order valence-corrected chi connectivity index (χ2v) is 6.31. The first kappa shape index (κ1) is 14.4. The monoisotopic (exact) mass is 325 g/mol. The standard InChI is InChI=1S/C15H20BrNO2/c1-10-3-2-4-11(6-5-10)17-12-7-8-13(15(18)19)14(16)9-12/h7-11,17H,2-6H2,1H3,(H,18,19). The van der Waals surface area contributed by atoms with Crippen molar-refractivity contribution in [1.29, 1.82) is 0 Å². The highest BCUT2D eigenvalue weighted by molar-refractivity contribution is 9.10. The molecule has 1 aromatic carbocycles. The van der Waals surface area contributed by atoms with Crippen LogP contribution in [-0.2, 0) is 0 Å². The molecule has 0 aromatic heterocycles. The largest absolute Gasteiger partial charge is 0.478 e. The number of hydrogen-bond donors (Lipinski definition) is 2. The van der Waals surface area contributed by atoms with Crippen molar-refractivity contribution in [2.24, 2.45) is 5.92 Å². The molecular weight excluding hydrogens is 306 g/mol. The van der Waals surface area contributed by atoms with Gasteiger partial charge in [-0.2, -0.15) is 0 Å². The van der Waals surface area contributed by atoms with Gasteiger partial charge in [0.2, 0.25) is 0 Å². The van der Waals surface area contributed by atoms with Gasteiger partial charge in [-0.25, -0.2) is 4.79 Å². The molecule has 3 nitrogen and oxygen atoms in total. The Morgan fingerprint density at radius 3 is 2.79 bits per heavy atom. The summed E-state index contributed by atoms with van der Waals surface area (Å²) in [5, 5.41) is 12.5. The Labute approximate surface area is 122 Å². The SMILES string of the molecule is CC1CCCC(Nc2ccc(C(=O)O)c(Br)c2)CC1.